The average Bonchev–Trinajstić information content (AvgIpc) is 3.33. The summed E-state index contributed by atoms with van der Waals surface area (Å²) in [6.45, 7) is 0.816. The zero-order chi connectivity index (χ0) is 21.1. The fourth-order valence-electron chi connectivity index (χ4n) is 3.55. The summed E-state index contributed by atoms with van der Waals surface area (Å²) in [7, 11) is 3.20. The molecule has 2 heterocycles. The maximum Gasteiger partial charge on any atom is 0.263 e. The summed E-state index contributed by atoms with van der Waals surface area (Å²) < 4.78 is 11.9. The number of ether oxygens (including phenoxy) is 2. The second-order valence-electron chi connectivity index (χ2n) is 6.95. The Morgan fingerprint density at radius 1 is 1.27 bits per heavy atom. The Morgan fingerprint density at radius 2 is 2.07 bits per heavy atom. The number of aromatic nitrogens is 2. The lowest BCUT2D eigenvalue weighted by Crippen LogP contribution is -2.26. The number of carbonyl (C=O) groups is 1. The molecule has 0 unspecified atom stereocenters. The molecule has 7 nitrogen and oxygen atoms in total. The number of hydrogen-bond donors (Lipinski definition) is 1. The fourth-order valence-corrected chi connectivity index (χ4v) is 5.68. The van der Waals surface area contributed by atoms with Gasteiger partial charge in [0, 0.05) is 17.7 Å². The van der Waals surface area contributed by atoms with Crippen LogP contribution in [0.5, 0.6) is 5.75 Å². The lowest BCUT2D eigenvalue weighted by molar-refractivity contribution is -0.113. The van der Waals surface area contributed by atoms with E-state index in [0.717, 1.165) is 40.8 Å². The van der Waals surface area contributed by atoms with Gasteiger partial charge in [-0.3, -0.25) is 14.2 Å². The van der Waals surface area contributed by atoms with Crippen LogP contribution in [-0.2, 0) is 28.9 Å². The number of anilines is 1. The van der Waals surface area contributed by atoms with Gasteiger partial charge in [-0.25, -0.2) is 4.98 Å². The molecule has 158 valence electrons. The van der Waals surface area contributed by atoms with Gasteiger partial charge in [0.15, 0.2) is 5.16 Å². The fraction of sp³-hybridized carbons (Fsp3) is 0.381. The molecule has 0 saturated heterocycles. The molecule has 0 radical (unpaired) electrons. The summed E-state index contributed by atoms with van der Waals surface area (Å²) >= 11 is 2.87. The van der Waals surface area contributed by atoms with E-state index in [-0.39, 0.29) is 17.2 Å². The molecule has 30 heavy (non-hydrogen) atoms. The van der Waals surface area contributed by atoms with Crippen LogP contribution in [0.1, 0.15) is 16.9 Å². The molecule has 1 aromatic carbocycles. The van der Waals surface area contributed by atoms with Crippen LogP contribution in [0.25, 0.3) is 10.2 Å². The molecule has 0 fully saturated rings. The van der Waals surface area contributed by atoms with E-state index < -0.39 is 0 Å². The second-order valence-corrected chi connectivity index (χ2v) is 8.97. The molecule has 4 rings (SSSR count). The molecule has 0 aliphatic heterocycles. The zero-order valence-corrected chi connectivity index (χ0v) is 18.5. The lowest BCUT2D eigenvalue weighted by atomic mass is 10.2. The van der Waals surface area contributed by atoms with Gasteiger partial charge in [0.2, 0.25) is 5.91 Å². The monoisotopic (exact) mass is 445 g/mol. The van der Waals surface area contributed by atoms with E-state index >= 15 is 0 Å². The molecule has 0 bridgehead atoms. The van der Waals surface area contributed by atoms with Crippen molar-refractivity contribution in [2.75, 3.05) is 31.9 Å². The number of rotatable bonds is 8. The van der Waals surface area contributed by atoms with Crippen molar-refractivity contribution in [3.63, 3.8) is 0 Å². The number of amides is 1. The van der Waals surface area contributed by atoms with Crippen molar-refractivity contribution in [3.05, 3.63) is 45.1 Å². The molecule has 1 amide bonds. The highest BCUT2D eigenvalue weighted by Crippen LogP contribution is 2.35. The lowest BCUT2D eigenvalue weighted by Gasteiger charge is -2.12. The van der Waals surface area contributed by atoms with Gasteiger partial charge in [-0.05, 0) is 49.1 Å². The SMILES string of the molecule is COCCn1c(SCC(=O)Nc2ccc(OC)cc2)nc2sc3c(c2c1=O)CCC3. The number of nitrogens with zero attached hydrogens (tertiary/aromatic N) is 2. The standard InChI is InChI=1S/C21H23N3O4S2/c1-27-11-10-24-20(26)18-15-4-3-5-16(15)30-19(18)23-21(24)29-12-17(25)22-13-6-8-14(28-2)9-7-13/h6-9H,3-5,10-12H2,1-2H3,(H,22,25). The van der Waals surface area contributed by atoms with Crippen LogP contribution < -0.4 is 15.6 Å². The molecule has 9 heteroatoms. The third-order valence-electron chi connectivity index (χ3n) is 5.01. The van der Waals surface area contributed by atoms with Crippen LogP contribution in [0.3, 0.4) is 0 Å². The molecule has 0 atom stereocenters. The smallest absolute Gasteiger partial charge is 0.263 e. The first-order valence-corrected chi connectivity index (χ1v) is 11.5. The summed E-state index contributed by atoms with van der Waals surface area (Å²) in [5, 5.41) is 4.15. The summed E-state index contributed by atoms with van der Waals surface area (Å²) in [6.07, 6.45) is 3.05. The van der Waals surface area contributed by atoms with E-state index in [1.54, 1.807) is 54.4 Å². The van der Waals surface area contributed by atoms with Crippen molar-refractivity contribution in [3.8, 4) is 5.75 Å². The molecule has 0 spiro atoms. The molecular formula is C21H23N3O4S2. The van der Waals surface area contributed by atoms with Crippen molar-refractivity contribution in [2.24, 2.45) is 0 Å². The highest BCUT2D eigenvalue weighted by molar-refractivity contribution is 7.99. The summed E-state index contributed by atoms with van der Waals surface area (Å²) in [5.74, 6) is 0.721. The summed E-state index contributed by atoms with van der Waals surface area (Å²) in [4.78, 5) is 32.4. The van der Waals surface area contributed by atoms with Gasteiger partial charge in [-0.2, -0.15) is 0 Å². The number of thioether (sulfide) groups is 1. The van der Waals surface area contributed by atoms with Crippen LogP contribution in [0.2, 0.25) is 0 Å². The normalized spacial score (nSPS) is 12.9. The van der Waals surface area contributed by atoms with Crippen LogP contribution >= 0.6 is 23.1 Å². The molecule has 1 aliphatic rings. The van der Waals surface area contributed by atoms with Crippen molar-refractivity contribution >= 4 is 44.9 Å². The Bertz CT molecular complexity index is 1120. The molecule has 1 N–H and O–H groups in total. The van der Waals surface area contributed by atoms with E-state index in [1.807, 2.05) is 0 Å². The minimum absolute atomic E-state index is 0.0329. The van der Waals surface area contributed by atoms with Gasteiger partial charge >= 0.3 is 0 Å². The first-order chi connectivity index (χ1) is 14.6. The highest BCUT2D eigenvalue weighted by Gasteiger charge is 2.23. The minimum Gasteiger partial charge on any atom is -0.497 e. The number of aryl methyl sites for hydroxylation is 2. The molecule has 0 saturated carbocycles. The van der Waals surface area contributed by atoms with E-state index in [2.05, 4.69) is 5.32 Å². The highest BCUT2D eigenvalue weighted by atomic mass is 32.2. The number of benzene rings is 1. The first kappa shape index (κ1) is 20.9. The summed E-state index contributed by atoms with van der Waals surface area (Å²) in [6, 6.07) is 7.15. The van der Waals surface area contributed by atoms with Crippen molar-refractivity contribution < 1.29 is 14.3 Å². The molecule has 2 aromatic heterocycles. The van der Waals surface area contributed by atoms with E-state index in [1.165, 1.54) is 16.6 Å². The van der Waals surface area contributed by atoms with Crippen molar-refractivity contribution in [1.82, 2.24) is 9.55 Å². The van der Waals surface area contributed by atoms with Crippen LogP contribution in [-0.4, -0.2) is 42.0 Å². The van der Waals surface area contributed by atoms with Crippen LogP contribution in [0, 0.1) is 0 Å². The number of methoxy groups -OCH3 is 2. The average molecular weight is 446 g/mol. The van der Waals surface area contributed by atoms with Gasteiger partial charge in [0.1, 0.15) is 10.6 Å². The Morgan fingerprint density at radius 3 is 2.80 bits per heavy atom. The number of nitrogens with one attached hydrogen (secondary N) is 1. The topological polar surface area (TPSA) is 82.4 Å². The van der Waals surface area contributed by atoms with E-state index in [4.69, 9.17) is 14.5 Å². The molecule has 3 aromatic rings. The van der Waals surface area contributed by atoms with Gasteiger partial charge in [-0.1, -0.05) is 11.8 Å². The third kappa shape index (κ3) is 4.23. The number of fused-ring (bicyclic) bond motifs is 3. The predicted molar refractivity (Wildman–Crippen MR) is 120 cm³/mol. The van der Waals surface area contributed by atoms with Crippen molar-refractivity contribution in [2.45, 2.75) is 31.0 Å². The maximum absolute atomic E-state index is 13.2. The molecular weight excluding hydrogens is 422 g/mol. The predicted octanol–water partition coefficient (Wildman–Crippen LogP) is 3.33. The Labute approximate surface area is 182 Å². The largest absolute Gasteiger partial charge is 0.497 e. The third-order valence-corrected chi connectivity index (χ3v) is 7.18. The molecule has 1 aliphatic carbocycles. The number of carbonyl (C=O) groups excluding carboxylic acids is 1. The number of hydrogen-bond acceptors (Lipinski definition) is 7. The Balaban J connectivity index is 1.54. The van der Waals surface area contributed by atoms with Gasteiger partial charge < -0.3 is 14.8 Å². The van der Waals surface area contributed by atoms with E-state index in [0.29, 0.717) is 24.0 Å². The van der Waals surface area contributed by atoms with Gasteiger partial charge in [0.05, 0.1) is 31.4 Å². The van der Waals surface area contributed by atoms with E-state index in [9.17, 15) is 9.59 Å². The minimum atomic E-state index is -0.161. The second kappa shape index (κ2) is 9.20. The van der Waals surface area contributed by atoms with Gasteiger partial charge in [-0.15, -0.1) is 11.3 Å². The Kier molecular flexibility index (Phi) is 6.40. The van der Waals surface area contributed by atoms with Crippen molar-refractivity contribution in [1.29, 1.82) is 0 Å². The summed E-state index contributed by atoms with van der Waals surface area (Å²) in [5.41, 5.74) is 1.82. The van der Waals surface area contributed by atoms with Gasteiger partial charge in [0.25, 0.3) is 5.56 Å². The first-order valence-electron chi connectivity index (χ1n) is 9.71. The van der Waals surface area contributed by atoms with Crippen LogP contribution in [0.4, 0.5) is 5.69 Å². The maximum atomic E-state index is 13.2. The quantitative estimate of drug-likeness (QED) is 0.423. The van der Waals surface area contributed by atoms with Crippen LogP contribution in [0.15, 0.2) is 34.2 Å². The Hall–Kier alpha value is -2.36. The zero-order valence-electron chi connectivity index (χ0n) is 16.9. The number of thiophene rings is 1.